The number of tetrazole rings is 1. The number of nitrogens with one attached hydrogen (secondary N) is 1. The zero-order valence-electron chi connectivity index (χ0n) is 14.2. The third-order valence-electron chi connectivity index (χ3n) is 4.04. The van der Waals surface area contributed by atoms with E-state index in [1.165, 1.54) is 35.3 Å². The summed E-state index contributed by atoms with van der Waals surface area (Å²) in [5, 5.41) is 23.0. The highest BCUT2D eigenvalue weighted by atomic mass is 35.5. The number of rotatable bonds is 7. The minimum atomic E-state index is -1.62. The second-order valence-corrected chi connectivity index (χ2v) is 7.87. The van der Waals surface area contributed by atoms with Gasteiger partial charge in [-0.2, -0.15) is 0 Å². The molecule has 2 aliphatic heterocycles. The number of nitrogens with zero attached hydrogens (tertiary/aromatic N) is 5. The van der Waals surface area contributed by atoms with E-state index in [1.807, 2.05) is 0 Å². The average Bonchev–Trinajstić information content (AvgIpc) is 3.07. The summed E-state index contributed by atoms with van der Waals surface area (Å²) in [6, 6.07) is 0. The number of methoxy groups -OCH3 is 1. The van der Waals surface area contributed by atoms with E-state index in [9.17, 15) is 19.5 Å². The number of ether oxygens (including phenoxy) is 1. The van der Waals surface area contributed by atoms with E-state index in [0.717, 1.165) is 4.90 Å². The van der Waals surface area contributed by atoms with Gasteiger partial charge < -0.3 is 15.2 Å². The largest absolute Gasteiger partial charge is 0.477 e. The number of aryl methyl sites for hydroxylation is 1. The number of fused-ring (bicyclic) bond motifs is 1. The van der Waals surface area contributed by atoms with Crippen LogP contribution in [0.2, 0.25) is 0 Å². The van der Waals surface area contributed by atoms with Crippen LogP contribution >= 0.6 is 35.1 Å². The minimum absolute atomic E-state index is 0.112. The minimum Gasteiger partial charge on any atom is -0.477 e. The first-order chi connectivity index (χ1) is 12.9. The van der Waals surface area contributed by atoms with Gasteiger partial charge in [-0.05, 0) is 16.0 Å². The molecule has 0 bridgehead atoms. The van der Waals surface area contributed by atoms with Crippen molar-refractivity contribution in [3.8, 4) is 0 Å². The van der Waals surface area contributed by atoms with E-state index in [1.54, 1.807) is 7.05 Å². The molecule has 1 saturated heterocycles. The number of aliphatic carboxylic acids is 1. The van der Waals surface area contributed by atoms with Gasteiger partial charge in [0.25, 0.3) is 11.6 Å². The Balaban J connectivity index is 1.86. The molecule has 2 N–H and O–H groups in total. The molecule has 27 heavy (non-hydrogen) atoms. The third-order valence-corrected chi connectivity index (χ3v) is 6.75. The van der Waals surface area contributed by atoms with E-state index in [4.69, 9.17) is 16.3 Å². The lowest BCUT2D eigenvalue weighted by Crippen LogP contribution is -2.80. The molecule has 3 rings (SSSR count). The topological polar surface area (TPSA) is 140 Å². The van der Waals surface area contributed by atoms with Gasteiger partial charge in [-0.25, -0.2) is 9.48 Å². The Hall–Kier alpha value is -1.83. The highest BCUT2D eigenvalue weighted by molar-refractivity contribution is 8.01. The molecule has 2 atom stereocenters. The summed E-state index contributed by atoms with van der Waals surface area (Å²) in [5.74, 6) is -2.16. The van der Waals surface area contributed by atoms with Crippen LogP contribution in [0.25, 0.3) is 0 Å². The number of carboxylic acids is 1. The second-order valence-electron chi connectivity index (χ2n) is 5.59. The summed E-state index contributed by atoms with van der Waals surface area (Å²) < 4.78 is 6.74. The lowest BCUT2D eigenvalue weighted by Gasteiger charge is -2.55. The Morgan fingerprint density at radius 3 is 2.85 bits per heavy atom. The van der Waals surface area contributed by atoms with Crippen LogP contribution in [0.1, 0.15) is 0 Å². The van der Waals surface area contributed by atoms with Gasteiger partial charge in [0, 0.05) is 25.7 Å². The van der Waals surface area contributed by atoms with Gasteiger partial charge in [-0.1, -0.05) is 11.8 Å². The van der Waals surface area contributed by atoms with Crippen molar-refractivity contribution in [2.45, 2.75) is 16.3 Å². The fourth-order valence-corrected chi connectivity index (χ4v) is 5.28. The maximum absolute atomic E-state index is 12.7. The van der Waals surface area contributed by atoms with E-state index >= 15 is 0 Å². The molecular weight excluding hydrogens is 420 g/mol. The third kappa shape index (κ3) is 3.28. The number of hydrogen-bond acceptors (Lipinski definition) is 9. The Labute approximate surface area is 166 Å². The van der Waals surface area contributed by atoms with Crippen molar-refractivity contribution in [1.82, 2.24) is 30.4 Å². The molecule has 0 aliphatic carbocycles. The van der Waals surface area contributed by atoms with Crippen molar-refractivity contribution >= 4 is 52.9 Å². The quantitative estimate of drug-likeness (QED) is 0.244. The number of carbonyl (C=O) groups is 3. The summed E-state index contributed by atoms with van der Waals surface area (Å²) in [7, 11) is 2.95. The van der Waals surface area contributed by atoms with Crippen LogP contribution in [-0.2, 0) is 26.2 Å². The van der Waals surface area contributed by atoms with Gasteiger partial charge >= 0.3 is 5.97 Å². The van der Waals surface area contributed by atoms with E-state index in [-0.39, 0.29) is 11.6 Å². The Morgan fingerprint density at radius 1 is 1.56 bits per heavy atom. The number of halogens is 1. The highest BCUT2D eigenvalue weighted by Gasteiger charge is 2.66. The first-order valence-electron chi connectivity index (χ1n) is 7.53. The Bertz CT molecular complexity index is 832. The smallest absolute Gasteiger partial charge is 0.352 e. The zero-order chi connectivity index (χ0) is 19.8. The van der Waals surface area contributed by atoms with Crippen molar-refractivity contribution in [1.29, 1.82) is 0 Å². The molecule has 11 nitrogen and oxygen atoms in total. The molecule has 0 radical (unpaired) electrons. The molecule has 1 aromatic rings. The molecular formula is C13H15ClN6O5S2. The fourth-order valence-electron chi connectivity index (χ4n) is 2.79. The highest BCUT2D eigenvalue weighted by Crippen LogP contribution is 2.47. The van der Waals surface area contributed by atoms with Gasteiger partial charge in [0.2, 0.25) is 11.1 Å². The van der Waals surface area contributed by atoms with Crippen LogP contribution in [0.5, 0.6) is 0 Å². The molecule has 0 spiro atoms. The molecule has 1 aromatic heterocycles. The number of thioether (sulfide) groups is 2. The van der Waals surface area contributed by atoms with Gasteiger partial charge in [0.05, 0.1) is 0 Å². The van der Waals surface area contributed by atoms with Crippen LogP contribution in [-0.4, -0.2) is 83.6 Å². The first-order valence-corrected chi connectivity index (χ1v) is 10.1. The zero-order valence-corrected chi connectivity index (χ0v) is 16.6. The summed E-state index contributed by atoms with van der Waals surface area (Å²) in [5.41, 5.74) is -1.18. The van der Waals surface area contributed by atoms with Gasteiger partial charge in [-0.15, -0.1) is 28.5 Å². The van der Waals surface area contributed by atoms with Gasteiger partial charge in [0.15, 0.2) is 0 Å². The number of β-lactam (4-membered cyclic amide) rings is 1. The van der Waals surface area contributed by atoms with Gasteiger partial charge in [0.1, 0.15) is 17.0 Å². The average molecular weight is 435 g/mol. The SMILES string of the molecule is CO[C@]1(NC(=O)CCl)C(=O)N2C(C(=O)O)=C(CSc3nnnn3C)CSC21. The molecule has 146 valence electrons. The Kier molecular flexibility index (Phi) is 5.65. The molecule has 2 amide bonds. The van der Waals surface area contributed by atoms with Crippen LogP contribution in [0.15, 0.2) is 16.4 Å². The number of alkyl halides is 1. The van der Waals surface area contributed by atoms with E-state index in [0.29, 0.717) is 22.2 Å². The monoisotopic (exact) mass is 434 g/mol. The molecule has 0 aromatic carbocycles. The van der Waals surface area contributed by atoms with Crippen molar-refractivity contribution in [3.05, 3.63) is 11.3 Å². The van der Waals surface area contributed by atoms with Crippen LogP contribution in [0, 0.1) is 0 Å². The molecule has 1 unspecified atom stereocenters. The number of carbonyl (C=O) groups excluding carboxylic acids is 2. The predicted molar refractivity (Wildman–Crippen MR) is 95.9 cm³/mol. The number of aromatic nitrogens is 4. The standard InChI is InChI=1S/C13H15ClN6O5S2/c1-19-12(16-17-18-19)27-5-6-4-26-11-13(25-2,15-7(21)3-14)10(24)20(11)8(6)9(22)23/h11H,3-5H2,1-2H3,(H,15,21)(H,22,23)/t11?,13-/m1/s1. The number of hydrogen-bond donors (Lipinski definition) is 2. The number of amides is 2. The fraction of sp³-hybridized carbons (Fsp3) is 0.538. The maximum atomic E-state index is 12.7. The van der Waals surface area contributed by atoms with Crippen molar-refractivity contribution in [3.63, 3.8) is 0 Å². The van der Waals surface area contributed by atoms with E-state index in [2.05, 4.69) is 20.8 Å². The van der Waals surface area contributed by atoms with Crippen LogP contribution in [0.3, 0.4) is 0 Å². The number of carboxylic acid groups (broad SMARTS) is 1. The summed E-state index contributed by atoms with van der Waals surface area (Å²) >= 11 is 8.07. The van der Waals surface area contributed by atoms with Crippen molar-refractivity contribution in [2.24, 2.45) is 7.05 Å². The molecule has 3 heterocycles. The first kappa shape index (κ1) is 19.9. The molecule has 14 heteroatoms. The lowest BCUT2D eigenvalue weighted by atomic mass is 9.98. The molecule has 1 fully saturated rings. The predicted octanol–water partition coefficient (Wildman–Crippen LogP) is -0.746. The molecule has 0 saturated carbocycles. The van der Waals surface area contributed by atoms with Gasteiger partial charge in [-0.3, -0.25) is 14.5 Å². The lowest BCUT2D eigenvalue weighted by molar-refractivity contribution is -0.192. The normalized spacial score (nSPS) is 24.5. The second kappa shape index (κ2) is 7.66. The van der Waals surface area contributed by atoms with Crippen LogP contribution in [0.4, 0.5) is 0 Å². The van der Waals surface area contributed by atoms with Crippen molar-refractivity contribution < 1.29 is 24.2 Å². The molecule has 2 aliphatic rings. The summed E-state index contributed by atoms with van der Waals surface area (Å²) in [6.07, 6.45) is 0. The van der Waals surface area contributed by atoms with Crippen LogP contribution < -0.4 is 5.32 Å². The maximum Gasteiger partial charge on any atom is 0.352 e. The van der Waals surface area contributed by atoms with E-state index < -0.39 is 28.9 Å². The summed E-state index contributed by atoms with van der Waals surface area (Å²) in [6.45, 7) is 0. The Morgan fingerprint density at radius 2 is 2.30 bits per heavy atom. The van der Waals surface area contributed by atoms with Crippen molar-refractivity contribution in [2.75, 3.05) is 24.5 Å². The summed E-state index contributed by atoms with van der Waals surface area (Å²) in [4.78, 5) is 37.4.